The van der Waals surface area contributed by atoms with Gasteiger partial charge in [-0.2, -0.15) is 0 Å². The number of ketones is 1. The van der Waals surface area contributed by atoms with Crippen molar-refractivity contribution in [2.75, 3.05) is 9.96 Å². The molecule has 0 aliphatic carbocycles. The molecule has 2 aliphatic rings. The van der Waals surface area contributed by atoms with Gasteiger partial charge in [-0.05, 0) is 48.9 Å². The molecular formula is C25H19BrN2O4. The number of rotatable bonds is 4. The average Bonchev–Trinajstić information content (AvgIpc) is 3.30. The molecule has 3 aromatic carbocycles. The number of fused-ring (bicyclic) bond motifs is 1. The van der Waals surface area contributed by atoms with Gasteiger partial charge in [0.05, 0.1) is 17.4 Å². The molecule has 0 unspecified atom stereocenters. The first-order chi connectivity index (χ1) is 15.5. The van der Waals surface area contributed by atoms with Crippen molar-refractivity contribution in [2.24, 2.45) is 5.92 Å². The molecule has 3 atom stereocenters. The van der Waals surface area contributed by atoms with E-state index in [4.69, 9.17) is 4.84 Å². The van der Waals surface area contributed by atoms with Crippen LogP contribution in [0, 0.1) is 5.92 Å². The number of halogens is 1. The number of anilines is 2. The average molecular weight is 491 g/mol. The first kappa shape index (κ1) is 20.6. The minimum Gasteiger partial charge on any atom is -0.295 e. The van der Waals surface area contributed by atoms with Crippen molar-refractivity contribution in [3.8, 4) is 0 Å². The van der Waals surface area contributed by atoms with Crippen LogP contribution in [-0.4, -0.2) is 23.7 Å². The highest BCUT2D eigenvalue weighted by Crippen LogP contribution is 2.47. The van der Waals surface area contributed by atoms with Gasteiger partial charge in [-0.25, -0.2) is 9.96 Å². The SMILES string of the molecule is CC(=O)c1cccc(N2C(=O)[C@@H]3[C@@H](ON(c4ccccc4)[C@H]3c3cccc(Br)c3)C2=O)c1. The number of hydroxylamine groups is 1. The summed E-state index contributed by atoms with van der Waals surface area (Å²) in [5, 5.41) is 1.66. The van der Waals surface area contributed by atoms with Crippen molar-refractivity contribution < 1.29 is 19.2 Å². The summed E-state index contributed by atoms with van der Waals surface area (Å²) in [6.45, 7) is 1.45. The first-order valence-electron chi connectivity index (χ1n) is 10.2. The molecule has 0 saturated carbocycles. The number of nitrogens with zero attached hydrogens (tertiary/aromatic N) is 2. The van der Waals surface area contributed by atoms with Crippen LogP contribution in [0.15, 0.2) is 83.3 Å². The second-order valence-corrected chi connectivity index (χ2v) is 8.75. The van der Waals surface area contributed by atoms with Gasteiger partial charge in [0, 0.05) is 10.0 Å². The summed E-state index contributed by atoms with van der Waals surface area (Å²) in [6, 6.07) is 23.2. The highest BCUT2D eigenvalue weighted by Gasteiger charge is 2.60. The Bertz CT molecular complexity index is 1230. The van der Waals surface area contributed by atoms with Gasteiger partial charge < -0.3 is 0 Å². The molecule has 2 fully saturated rings. The molecule has 160 valence electrons. The molecule has 0 radical (unpaired) electrons. The van der Waals surface area contributed by atoms with Crippen LogP contribution in [0.25, 0.3) is 0 Å². The molecule has 32 heavy (non-hydrogen) atoms. The van der Waals surface area contributed by atoms with Gasteiger partial charge in [-0.15, -0.1) is 0 Å². The predicted molar refractivity (Wildman–Crippen MR) is 123 cm³/mol. The maximum atomic E-state index is 13.6. The van der Waals surface area contributed by atoms with Crippen LogP contribution in [0.4, 0.5) is 11.4 Å². The normalized spacial score (nSPS) is 22.4. The molecule has 7 heteroatoms. The van der Waals surface area contributed by atoms with Gasteiger partial charge in [0.25, 0.3) is 5.91 Å². The number of para-hydroxylation sites is 1. The second kappa shape index (κ2) is 8.00. The Balaban J connectivity index is 1.58. The van der Waals surface area contributed by atoms with Crippen LogP contribution in [0.5, 0.6) is 0 Å². The van der Waals surface area contributed by atoms with Crippen molar-refractivity contribution >= 4 is 44.9 Å². The molecule has 0 aromatic heterocycles. The van der Waals surface area contributed by atoms with E-state index in [1.165, 1.54) is 6.92 Å². The summed E-state index contributed by atoms with van der Waals surface area (Å²) in [4.78, 5) is 46.1. The van der Waals surface area contributed by atoms with E-state index in [2.05, 4.69) is 15.9 Å². The molecule has 0 spiro atoms. The van der Waals surface area contributed by atoms with E-state index < -0.39 is 24.0 Å². The quantitative estimate of drug-likeness (QED) is 0.391. The third kappa shape index (κ3) is 3.34. The summed E-state index contributed by atoms with van der Waals surface area (Å²) in [5.74, 6) is -1.63. The van der Waals surface area contributed by atoms with Crippen LogP contribution < -0.4 is 9.96 Å². The topological polar surface area (TPSA) is 66.9 Å². The van der Waals surface area contributed by atoms with Gasteiger partial charge in [0.1, 0.15) is 5.92 Å². The number of benzene rings is 3. The van der Waals surface area contributed by atoms with E-state index in [1.807, 2.05) is 54.6 Å². The van der Waals surface area contributed by atoms with E-state index in [1.54, 1.807) is 29.3 Å². The van der Waals surface area contributed by atoms with Crippen molar-refractivity contribution in [3.05, 3.63) is 94.5 Å². The Morgan fingerprint density at radius 1 is 0.875 bits per heavy atom. The van der Waals surface area contributed by atoms with E-state index in [9.17, 15) is 14.4 Å². The number of Topliss-reactive ketones (excluding diaryl/α,β-unsaturated/α-hetero) is 1. The number of carbonyl (C=O) groups excluding carboxylic acids is 3. The van der Waals surface area contributed by atoms with E-state index in [-0.39, 0.29) is 11.7 Å². The van der Waals surface area contributed by atoms with Crippen LogP contribution >= 0.6 is 15.9 Å². The van der Waals surface area contributed by atoms with Crippen LogP contribution in [0.2, 0.25) is 0 Å². The van der Waals surface area contributed by atoms with Gasteiger partial charge in [-0.1, -0.05) is 58.4 Å². The lowest BCUT2D eigenvalue weighted by molar-refractivity contribution is -0.126. The minimum atomic E-state index is -0.951. The number of carbonyl (C=O) groups is 3. The fourth-order valence-electron chi connectivity index (χ4n) is 4.36. The zero-order valence-electron chi connectivity index (χ0n) is 17.1. The lowest BCUT2D eigenvalue weighted by Crippen LogP contribution is -2.37. The van der Waals surface area contributed by atoms with Gasteiger partial charge >= 0.3 is 0 Å². The molecule has 2 heterocycles. The third-order valence-electron chi connectivity index (χ3n) is 5.83. The largest absolute Gasteiger partial charge is 0.295 e. The fraction of sp³-hybridized carbons (Fsp3) is 0.160. The van der Waals surface area contributed by atoms with Crippen molar-refractivity contribution in [1.29, 1.82) is 0 Å². The van der Waals surface area contributed by atoms with Crippen LogP contribution in [-0.2, 0) is 14.4 Å². The van der Waals surface area contributed by atoms with E-state index in [0.717, 1.165) is 20.6 Å². The number of imide groups is 1. The fourth-order valence-corrected chi connectivity index (χ4v) is 4.78. The Kier molecular flexibility index (Phi) is 5.15. The molecule has 0 N–H and O–H groups in total. The number of hydrogen-bond donors (Lipinski definition) is 0. The maximum Gasteiger partial charge on any atom is 0.266 e. The molecule has 2 saturated heterocycles. The molecule has 6 nitrogen and oxygen atoms in total. The summed E-state index contributed by atoms with van der Waals surface area (Å²) < 4.78 is 0.870. The molecule has 0 bridgehead atoms. The number of hydrogen-bond acceptors (Lipinski definition) is 5. The highest BCUT2D eigenvalue weighted by atomic mass is 79.9. The number of amides is 2. The zero-order valence-corrected chi connectivity index (χ0v) is 18.7. The van der Waals surface area contributed by atoms with Crippen molar-refractivity contribution in [1.82, 2.24) is 0 Å². The van der Waals surface area contributed by atoms with Gasteiger partial charge in [0.15, 0.2) is 11.9 Å². The Hall–Kier alpha value is -3.29. The summed E-state index contributed by atoms with van der Waals surface area (Å²) in [7, 11) is 0. The molecule has 3 aromatic rings. The smallest absolute Gasteiger partial charge is 0.266 e. The lowest BCUT2D eigenvalue weighted by atomic mass is 9.90. The van der Waals surface area contributed by atoms with Gasteiger partial charge in [0.2, 0.25) is 5.91 Å². The monoisotopic (exact) mass is 490 g/mol. The van der Waals surface area contributed by atoms with E-state index >= 15 is 0 Å². The van der Waals surface area contributed by atoms with E-state index in [0.29, 0.717) is 11.3 Å². The zero-order chi connectivity index (χ0) is 22.4. The van der Waals surface area contributed by atoms with Gasteiger partial charge in [-0.3, -0.25) is 19.2 Å². The molecule has 2 amide bonds. The minimum absolute atomic E-state index is 0.135. The first-order valence-corrected chi connectivity index (χ1v) is 11.0. The third-order valence-corrected chi connectivity index (χ3v) is 6.32. The van der Waals surface area contributed by atoms with Crippen molar-refractivity contribution in [3.63, 3.8) is 0 Å². The maximum absolute atomic E-state index is 13.6. The Morgan fingerprint density at radius 2 is 1.59 bits per heavy atom. The summed E-state index contributed by atoms with van der Waals surface area (Å²) in [6.07, 6.45) is -0.951. The highest BCUT2D eigenvalue weighted by molar-refractivity contribution is 9.10. The lowest BCUT2D eigenvalue weighted by Gasteiger charge is -2.29. The Labute approximate surface area is 193 Å². The Morgan fingerprint density at radius 3 is 2.31 bits per heavy atom. The summed E-state index contributed by atoms with van der Waals surface area (Å²) >= 11 is 3.50. The van der Waals surface area contributed by atoms with Crippen LogP contribution in [0.1, 0.15) is 28.9 Å². The predicted octanol–water partition coefficient (Wildman–Crippen LogP) is 4.70. The molecule has 5 rings (SSSR count). The van der Waals surface area contributed by atoms with Crippen LogP contribution in [0.3, 0.4) is 0 Å². The van der Waals surface area contributed by atoms with Crippen molar-refractivity contribution in [2.45, 2.75) is 19.1 Å². The second-order valence-electron chi connectivity index (χ2n) is 7.83. The standard InChI is InChI=1S/C25H19BrN2O4/c1-15(29)16-7-6-12-20(14-16)27-24(30)21-22(17-8-5-9-18(26)13-17)28(32-23(21)25(27)31)19-10-3-2-4-11-19/h2-14,21-23H,1H3/t21-,22-,23+/m0/s1. The molecular weight excluding hydrogens is 472 g/mol. The molecule has 2 aliphatic heterocycles. The summed E-state index contributed by atoms with van der Waals surface area (Å²) in [5.41, 5.74) is 2.44.